The third-order valence-electron chi connectivity index (χ3n) is 8.75. The third kappa shape index (κ3) is 39.0. The van der Waals surface area contributed by atoms with Gasteiger partial charge in [0.15, 0.2) is 12.4 Å². The molecule has 0 heterocycles. The van der Waals surface area contributed by atoms with Crippen LogP contribution in [0, 0.1) is 0 Å². The fraction of sp³-hybridized carbons (Fsp3) is 0.717. The van der Waals surface area contributed by atoms with E-state index in [0.717, 1.165) is 77.0 Å². The van der Waals surface area contributed by atoms with Crippen molar-refractivity contribution in [1.29, 1.82) is 0 Å². The number of hydrogen-bond acceptors (Lipinski definition) is 8. The van der Waals surface area contributed by atoms with Crippen LogP contribution in [-0.4, -0.2) is 82.3 Å². The van der Waals surface area contributed by atoms with Crippen LogP contribution < -0.4 is 5.11 Å². The smallest absolute Gasteiger partial charge is 0.306 e. The second-order valence-electron chi connectivity index (χ2n) is 15.2. The number of carbonyl (C=O) groups excluding carboxylic acids is 3. The SMILES string of the molecule is CC/C=C\C/C=C\C/C=C\C/C=C\CCCCC(=O)OC(COC(=O)CCCCCCC/C=C\CCCCCCCC)COC(OCC[N+](C)(C)C)C(=O)[O-]. The Labute approximate surface area is 335 Å². The lowest BCUT2D eigenvalue weighted by molar-refractivity contribution is -0.870. The van der Waals surface area contributed by atoms with Gasteiger partial charge < -0.3 is 33.3 Å². The van der Waals surface area contributed by atoms with Crippen molar-refractivity contribution in [3.8, 4) is 0 Å². The highest BCUT2D eigenvalue weighted by Gasteiger charge is 2.21. The van der Waals surface area contributed by atoms with Crippen LogP contribution in [0.25, 0.3) is 0 Å². The van der Waals surface area contributed by atoms with E-state index in [1.807, 2.05) is 21.1 Å². The Balaban J connectivity index is 4.57. The van der Waals surface area contributed by atoms with Crippen molar-refractivity contribution >= 4 is 17.9 Å². The average molecular weight is 774 g/mol. The minimum Gasteiger partial charge on any atom is -0.545 e. The highest BCUT2D eigenvalue weighted by atomic mass is 16.7. The molecule has 55 heavy (non-hydrogen) atoms. The van der Waals surface area contributed by atoms with Crippen molar-refractivity contribution in [3.05, 3.63) is 60.8 Å². The Hall–Kier alpha value is -3.01. The molecule has 0 aliphatic heterocycles. The van der Waals surface area contributed by atoms with Gasteiger partial charge in [-0.2, -0.15) is 0 Å². The Morgan fingerprint density at radius 3 is 1.60 bits per heavy atom. The molecule has 316 valence electrons. The quantitative estimate of drug-likeness (QED) is 0.0201. The summed E-state index contributed by atoms with van der Waals surface area (Å²) in [5, 5.41) is 11.7. The molecule has 0 saturated carbocycles. The van der Waals surface area contributed by atoms with Gasteiger partial charge in [-0.3, -0.25) is 9.59 Å². The van der Waals surface area contributed by atoms with E-state index < -0.39 is 24.3 Å². The van der Waals surface area contributed by atoms with Crippen LogP contribution in [0.15, 0.2) is 60.8 Å². The number of quaternary nitrogens is 1. The van der Waals surface area contributed by atoms with E-state index in [-0.39, 0.29) is 38.6 Å². The topological polar surface area (TPSA) is 111 Å². The molecule has 0 aliphatic carbocycles. The first-order chi connectivity index (χ1) is 26.6. The van der Waals surface area contributed by atoms with E-state index in [9.17, 15) is 19.5 Å². The maximum atomic E-state index is 12.7. The highest BCUT2D eigenvalue weighted by molar-refractivity contribution is 5.70. The Bertz CT molecular complexity index is 1090. The van der Waals surface area contributed by atoms with Crippen molar-refractivity contribution in [1.82, 2.24) is 0 Å². The summed E-state index contributed by atoms with van der Waals surface area (Å²) < 4.78 is 22.4. The molecule has 0 saturated heterocycles. The minimum atomic E-state index is -1.63. The number of allylic oxidation sites excluding steroid dienone is 10. The predicted molar refractivity (Wildman–Crippen MR) is 223 cm³/mol. The summed E-state index contributed by atoms with van der Waals surface area (Å²) in [5.41, 5.74) is 0. The van der Waals surface area contributed by atoms with Gasteiger partial charge in [-0.1, -0.05) is 126 Å². The van der Waals surface area contributed by atoms with Crippen molar-refractivity contribution in [2.24, 2.45) is 0 Å². The van der Waals surface area contributed by atoms with E-state index >= 15 is 0 Å². The molecule has 0 amide bonds. The largest absolute Gasteiger partial charge is 0.545 e. The number of aliphatic carboxylic acids is 1. The lowest BCUT2D eigenvalue weighted by Crippen LogP contribution is -2.44. The summed E-state index contributed by atoms with van der Waals surface area (Å²) in [6.07, 6.45) is 41.1. The molecule has 0 N–H and O–H groups in total. The predicted octanol–water partition coefficient (Wildman–Crippen LogP) is 9.66. The number of carboxylic acids is 1. The second-order valence-corrected chi connectivity index (χ2v) is 15.2. The number of nitrogens with zero attached hydrogens (tertiary/aromatic N) is 1. The molecule has 2 unspecified atom stereocenters. The van der Waals surface area contributed by atoms with Gasteiger partial charge in [0, 0.05) is 12.8 Å². The fourth-order valence-electron chi connectivity index (χ4n) is 5.40. The van der Waals surface area contributed by atoms with E-state index in [4.69, 9.17) is 18.9 Å². The van der Waals surface area contributed by atoms with Crippen LogP contribution in [0.3, 0.4) is 0 Å². The number of carboxylic acid groups (broad SMARTS) is 1. The first-order valence-electron chi connectivity index (χ1n) is 21.4. The standard InChI is InChI=1S/C46H79NO8/c1-6-8-10-12-14-16-18-20-22-24-26-28-30-32-34-36-43(48)53-40-42(41-54-46(45(50)51)52-39-38-47(3,4)5)55-44(49)37-35-33-31-29-27-25-23-21-19-17-15-13-11-9-7-2/h9,11,15,17,20-23,27,29,42,46H,6-8,10,12-14,16,18-19,24-26,28,30-41H2,1-5H3/b11-9-,17-15-,22-20-,23-21-,29-27-. The van der Waals surface area contributed by atoms with Gasteiger partial charge >= 0.3 is 11.9 Å². The molecule has 0 aromatic carbocycles. The number of ether oxygens (including phenoxy) is 4. The van der Waals surface area contributed by atoms with Crippen LogP contribution in [0.2, 0.25) is 0 Å². The van der Waals surface area contributed by atoms with Gasteiger partial charge in [-0.05, 0) is 77.0 Å². The molecule has 9 nitrogen and oxygen atoms in total. The van der Waals surface area contributed by atoms with E-state index in [2.05, 4.69) is 74.6 Å². The van der Waals surface area contributed by atoms with Crippen LogP contribution in [0.5, 0.6) is 0 Å². The average Bonchev–Trinajstić information content (AvgIpc) is 3.14. The number of likely N-dealkylation sites (N-methyl/N-ethyl adjacent to an activating group) is 1. The first-order valence-corrected chi connectivity index (χ1v) is 21.4. The lowest BCUT2D eigenvalue weighted by Gasteiger charge is -2.26. The zero-order valence-corrected chi connectivity index (χ0v) is 35.5. The maximum absolute atomic E-state index is 12.7. The number of esters is 2. The number of rotatable bonds is 38. The number of hydrogen-bond donors (Lipinski definition) is 0. The Morgan fingerprint density at radius 1 is 0.564 bits per heavy atom. The zero-order valence-electron chi connectivity index (χ0n) is 35.5. The molecule has 0 fully saturated rings. The Morgan fingerprint density at radius 2 is 1.04 bits per heavy atom. The minimum absolute atomic E-state index is 0.136. The lowest BCUT2D eigenvalue weighted by atomic mass is 10.1. The second kappa shape index (κ2) is 37.9. The molecular formula is C46H79NO8. The first kappa shape index (κ1) is 52.0. The van der Waals surface area contributed by atoms with Gasteiger partial charge in [0.25, 0.3) is 0 Å². The molecule has 9 heteroatoms. The van der Waals surface area contributed by atoms with Gasteiger partial charge in [0.1, 0.15) is 13.2 Å². The summed E-state index contributed by atoms with van der Waals surface area (Å²) in [6.45, 7) is 4.54. The molecule has 0 aromatic heterocycles. The molecular weight excluding hydrogens is 695 g/mol. The van der Waals surface area contributed by atoms with Crippen molar-refractivity contribution in [3.63, 3.8) is 0 Å². The molecule has 2 atom stereocenters. The van der Waals surface area contributed by atoms with Gasteiger partial charge in [-0.25, -0.2) is 0 Å². The van der Waals surface area contributed by atoms with Crippen molar-refractivity contribution in [2.75, 3.05) is 47.5 Å². The summed E-state index contributed by atoms with van der Waals surface area (Å²) in [5.74, 6) is -2.36. The zero-order chi connectivity index (χ0) is 40.7. The normalized spacial score (nSPS) is 13.5. The molecule has 0 rings (SSSR count). The molecule has 0 bridgehead atoms. The number of unbranched alkanes of at least 4 members (excludes halogenated alkanes) is 13. The van der Waals surface area contributed by atoms with E-state index in [0.29, 0.717) is 17.4 Å². The van der Waals surface area contributed by atoms with Gasteiger partial charge in [0.05, 0.1) is 40.3 Å². The Kier molecular flexibility index (Phi) is 35.8. The van der Waals surface area contributed by atoms with Crippen LogP contribution >= 0.6 is 0 Å². The molecule has 0 aromatic rings. The van der Waals surface area contributed by atoms with Crippen LogP contribution in [0.4, 0.5) is 0 Å². The number of carbonyl (C=O) groups is 3. The summed E-state index contributed by atoms with van der Waals surface area (Å²) in [6, 6.07) is 0. The summed E-state index contributed by atoms with van der Waals surface area (Å²) in [7, 11) is 5.88. The molecule has 0 spiro atoms. The van der Waals surface area contributed by atoms with Gasteiger partial charge in [0.2, 0.25) is 0 Å². The fourth-order valence-corrected chi connectivity index (χ4v) is 5.40. The van der Waals surface area contributed by atoms with E-state index in [1.165, 1.54) is 44.9 Å². The van der Waals surface area contributed by atoms with Crippen LogP contribution in [0.1, 0.15) is 155 Å². The summed E-state index contributed by atoms with van der Waals surface area (Å²) >= 11 is 0. The van der Waals surface area contributed by atoms with Gasteiger partial charge in [-0.15, -0.1) is 0 Å². The maximum Gasteiger partial charge on any atom is 0.306 e. The summed E-state index contributed by atoms with van der Waals surface area (Å²) in [4.78, 5) is 36.9. The monoisotopic (exact) mass is 774 g/mol. The van der Waals surface area contributed by atoms with Crippen molar-refractivity contribution in [2.45, 2.75) is 167 Å². The van der Waals surface area contributed by atoms with Crippen molar-refractivity contribution < 1.29 is 42.9 Å². The molecule has 0 radical (unpaired) electrons. The highest BCUT2D eigenvalue weighted by Crippen LogP contribution is 2.12. The van der Waals surface area contributed by atoms with Crippen LogP contribution in [-0.2, 0) is 33.3 Å². The van der Waals surface area contributed by atoms with E-state index in [1.54, 1.807) is 0 Å². The molecule has 0 aliphatic rings. The third-order valence-corrected chi connectivity index (χ3v) is 8.75.